The van der Waals surface area contributed by atoms with Gasteiger partial charge < -0.3 is 5.32 Å². The second kappa shape index (κ2) is 6.11. The van der Waals surface area contributed by atoms with Crippen molar-refractivity contribution >= 4 is 15.7 Å². The number of nitrogens with one attached hydrogen (secondary N) is 1. The lowest BCUT2D eigenvalue weighted by atomic mass is 10.2. The second-order valence-electron chi connectivity index (χ2n) is 5.72. The molecule has 20 heavy (non-hydrogen) atoms. The van der Waals surface area contributed by atoms with Crippen LogP contribution in [-0.2, 0) is 15.8 Å². The van der Waals surface area contributed by atoms with Gasteiger partial charge in [-0.1, -0.05) is 12.1 Å². The van der Waals surface area contributed by atoms with Gasteiger partial charge in [0.15, 0.2) is 0 Å². The first kappa shape index (κ1) is 15.3. The molecule has 1 aliphatic rings. The first-order valence-corrected chi connectivity index (χ1v) is 8.65. The van der Waals surface area contributed by atoms with Gasteiger partial charge in [0.1, 0.15) is 0 Å². The van der Waals surface area contributed by atoms with Crippen LogP contribution in [0.15, 0.2) is 24.3 Å². The standard InChI is InChI=1S/C14H23N3O2S/c1-11(2)17-8-7-14(9-17)16-13-5-3-12(4-6-13)10-20(15,18)19/h3-6,11,14,16H,7-10H2,1-2H3,(H2,15,18,19). The molecule has 0 spiro atoms. The lowest BCUT2D eigenvalue weighted by molar-refractivity contribution is 0.274. The third-order valence-electron chi connectivity index (χ3n) is 3.64. The minimum atomic E-state index is -3.46. The van der Waals surface area contributed by atoms with Crippen LogP contribution in [0, 0.1) is 0 Å². The van der Waals surface area contributed by atoms with E-state index < -0.39 is 10.0 Å². The normalized spacial score (nSPS) is 20.5. The van der Waals surface area contributed by atoms with Gasteiger partial charge in [-0.2, -0.15) is 0 Å². The Morgan fingerprint density at radius 3 is 2.50 bits per heavy atom. The maximum Gasteiger partial charge on any atom is 0.213 e. The summed E-state index contributed by atoms with van der Waals surface area (Å²) in [4.78, 5) is 2.45. The molecule has 0 aromatic heterocycles. The molecule has 0 aliphatic carbocycles. The molecular formula is C14H23N3O2S. The predicted octanol–water partition coefficient (Wildman–Crippen LogP) is 1.37. The molecule has 1 atom stereocenters. The predicted molar refractivity (Wildman–Crippen MR) is 82.0 cm³/mol. The van der Waals surface area contributed by atoms with Gasteiger partial charge in [0.05, 0.1) is 5.75 Å². The van der Waals surface area contributed by atoms with E-state index in [-0.39, 0.29) is 5.75 Å². The summed E-state index contributed by atoms with van der Waals surface area (Å²) < 4.78 is 22.0. The van der Waals surface area contributed by atoms with E-state index in [1.807, 2.05) is 24.3 Å². The highest BCUT2D eigenvalue weighted by Crippen LogP contribution is 2.18. The molecular weight excluding hydrogens is 274 g/mol. The Bertz CT molecular complexity index is 540. The lowest BCUT2D eigenvalue weighted by Gasteiger charge is -2.20. The Labute approximate surface area is 121 Å². The van der Waals surface area contributed by atoms with Gasteiger partial charge in [0, 0.05) is 30.9 Å². The fraction of sp³-hybridized carbons (Fsp3) is 0.571. The highest BCUT2D eigenvalue weighted by molar-refractivity contribution is 7.88. The van der Waals surface area contributed by atoms with Crippen LogP contribution in [0.4, 0.5) is 5.69 Å². The van der Waals surface area contributed by atoms with Crippen molar-refractivity contribution < 1.29 is 8.42 Å². The first-order chi connectivity index (χ1) is 9.33. The number of anilines is 1. The number of hydrogen-bond acceptors (Lipinski definition) is 4. The Morgan fingerprint density at radius 1 is 1.35 bits per heavy atom. The van der Waals surface area contributed by atoms with E-state index in [1.165, 1.54) is 0 Å². The summed E-state index contributed by atoms with van der Waals surface area (Å²) in [5, 5.41) is 8.53. The largest absolute Gasteiger partial charge is 0.381 e. The van der Waals surface area contributed by atoms with Gasteiger partial charge in [0.25, 0.3) is 0 Å². The maximum atomic E-state index is 11.0. The zero-order valence-corrected chi connectivity index (χ0v) is 12.9. The third-order valence-corrected chi connectivity index (χ3v) is 4.38. The van der Waals surface area contributed by atoms with E-state index in [0.717, 1.165) is 25.2 Å². The van der Waals surface area contributed by atoms with Gasteiger partial charge in [-0.3, -0.25) is 4.90 Å². The molecule has 6 heteroatoms. The Balaban J connectivity index is 1.91. The molecule has 0 saturated carbocycles. The number of nitrogens with two attached hydrogens (primary N) is 1. The lowest BCUT2D eigenvalue weighted by Crippen LogP contribution is -2.31. The van der Waals surface area contributed by atoms with Gasteiger partial charge in [-0.15, -0.1) is 0 Å². The number of likely N-dealkylation sites (tertiary alicyclic amines) is 1. The average Bonchev–Trinajstić information content (AvgIpc) is 2.78. The smallest absolute Gasteiger partial charge is 0.213 e. The summed E-state index contributed by atoms with van der Waals surface area (Å²) in [5.41, 5.74) is 1.74. The fourth-order valence-electron chi connectivity index (χ4n) is 2.54. The van der Waals surface area contributed by atoms with Crippen LogP contribution < -0.4 is 10.5 Å². The molecule has 5 nitrogen and oxygen atoms in total. The van der Waals surface area contributed by atoms with Gasteiger partial charge in [-0.05, 0) is 38.0 Å². The van der Waals surface area contributed by atoms with Crippen LogP contribution in [0.5, 0.6) is 0 Å². The molecule has 1 heterocycles. The van der Waals surface area contributed by atoms with E-state index in [9.17, 15) is 8.42 Å². The van der Waals surface area contributed by atoms with E-state index in [0.29, 0.717) is 17.6 Å². The fourth-order valence-corrected chi connectivity index (χ4v) is 3.20. The van der Waals surface area contributed by atoms with Crippen molar-refractivity contribution in [3.05, 3.63) is 29.8 Å². The second-order valence-corrected chi connectivity index (χ2v) is 7.34. The monoisotopic (exact) mass is 297 g/mol. The van der Waals surface area contributed by atoms with Crippen molar-refractivity contribution in [1.82, 2.24) is 4.90 Å². The van der Waals surface area contributed by atoms with Crippen molar-refractivity contribution in [3.8, 4) is 0 Å². The Kier molecular flexibility index (Phi) is 4.67. The average molecular weight is 297 g/mol. The summed E-state index contributed by atoms with van der Waals surface area (Å²) in [5.74, 6) is -0.113. The number of nitrogens with zero attached hydrogens (tertiary/aromatic N) is 1. The Morgan fingerprint density at radius 2 is 2.00 bits per heavy atom. The van der Waals surface area contributed by atoms with Crippen LogP contribution in [0.2, 0.25) is 0 Å². The number of rotatable bonds is 5. The van der Waals surface area contributed by atoms with E-state index in [1.54, 1.807) is 0 Å². The van der Waals surface area contributed by atoms with E-state index >= 15 is 0 Å². The zero-order chi connectivity index (χ0) is 14.8. The van der Waals surface area contributed by atoms with E-state index in [4.69, 9.17) is 5.14 Å². The number of benzene rings is 1. The van der Waals surface area contributed by atoms with E-state index in [2.05, 4.69) is 24.1 Å². The summed E-state index contributed by atoms with van der Waals surface area (Å²) in [6.07, 6.45) is 1.14. The number of primary sulfonamides is 1. The molecule has 0 amide bonds. The highest BCUT2D eigenvalue weighted by atomic mass is 32.2. The van der Waals surface area contributed by atoms with Crippen LogP contribution >= 0.6 is 0 Å². The molecule has 1 aromatic rings. The van der Waals surface area contributed by atoms with Crippen molar-refractivity contribution in [2.24, 2.45) is 5.14 Å². The molecule has 1 aromatic carbocycles. The molecule has 0 bridgehead atoms. The molecule has 1 unspecified atom stereocenters. The number of sulfonamides is 1. The zero-order valence-electron chi connectivity index (χ0n) is 12.0. The quantitative estimate of drug-likeness (QED) is 0.860. The molecule has 1 saturated heterocycles. The third kappa shape index (κ3) is 4.47. The molecule has 2 rings (SSSR count). The number of hydrogen-bond donors (Lipinski definition) is 2. The van der Waals surface area contributed by atoms with Crippen LogP contribution in [0.1, 0.15) is 25.8 Å². The van der Waals surface area contributed by atoms with Crippen molar-refractivity contribution in [3.63, 3.8) is 0 Å². The molecule has 1 aliphatic heterocycles. The minimum Gasteiger partial charge on any atom is -0.381 e. The van der Waals surface area contributed by atoms with Crippen molar-refractivity contribution in [2.45, 2.75) is 38.1 Å². The van der Waals surface area contributed by atoms with Crippen LogP contribution in [0.3, 0.4) is 0 Å². The molecule has 1 fully saturated rings. The molecule has 3 N–H and O–H groups in total. The summed E-state index contributed by atoms with van der Waals surface area (Å²) in [6.45, 7) is 6.60. The maximum absolute atomic E-state index is 11.0. The van der Waals surface area contributed by atoms with Gasteiger partial charge in [-0.25, -0.2) is 13.6 Å². The summed E-state index contributed by atoms with van der Waals surface area (Å²) >= 11 is 0. The molecule has 112 valence electrons. The topological polar surface area (TPSA) is 75.4 Å². The Hall–Kier alpha value is -1.11. The summed E-state index contributed by atoms with van der Waals surface area (Å²) in [7, 11) is -3.46. The van der Waals surface area contributed by atoms with Crippen LogP contribution in [0.25, 0.3) is 0 Å². The molecule has 0 radical (unpaired) electrons. The first-order valence-electron chi connectivity index (χ1n) is 6.93. The van der Waals surface area contributed by atoms with Crippen molar-refractivity contribution in [2.75, 3.05) is 18.4 Å². The minimum absolute atomic E-state index is 0.113. The summed E-state index contributed by atoms with van der Waals surface area (Å²) in [6, 6.07) is 8.49. The van der Waals surface area contributed by atoms with Crippen LogP contribution in [-0.4, -0.2) is 38.5 Å². The highest BCUT2D eigenvalue weighted by Gasteiger charge is 2.23. The van der Waals surface area contributed by atoms with Crippen molar-refractivity contribution in [1.29, 1.82) is 0 Å². The van der Waals surface area contributed by atoms with Gasteiger partial charge in [0.2, 0.25) is 10.0 Å². The van der Waals surface area contributed by atoms with Gasteiger partial charge >= 0.3 is 0 Å². The SMILES string of the molecule is CC(C)N1CCC(Nc2ccc(CS(N)(=O)=O)cc2)C1.